The number of hydrogen-bond acceptors (Lipinski definition) is 4. The average molecular weight is 303 g/mol. The Hall–Kier alpha value is -2.14. The zero-order chi connectivity index (χ0) is 17.5. The van der Waals surface area contributed by atoms with Crippen LogP contribution in [0.2, 0.25) is 0 Å². The molecule has 114 valence electrons. The van der Waals surface area contributed by atoms with Crippen molar-refractivity contribution in [1.29, 1.82) is 10.5 Å². The molecule has 0 bridgehead atoms. The van der Waals surface area contributed by atoms with Crippen LogP contribution >= 0.6 is 11.8 Å². The zero-order valence-electron chi connectivity index (χ0n) is 13.8. The Morgan fingerprint density at radius 2 is 1.57 bits per heavy atom. The SMILES string of the molecule is C#C/C=C\C#C.CC.CC(C)C#N.CSCN=C(C)C#N. The van der Waals surface area contributed by atoms with Gasteiger partial charge in [0.05, 0.1) is 11.9 Å². The molecule has 0 aromatic heterocycles. The third-order valence-electron chi connectivity index (χ3n) is 1.13. The summed E-state index contributed by atoms with van der Waals surface area (Å²) in [6.07, 6.45) is 14.5. The lowest BCUT2D eigenvalue weighted by Crippen LogP contribution is -1.84. The van der Waals surface area contributed by atoms with Gasteiger partial charge in [0.15, 0.2) is 0 Å². The van der Waals surface area contributed by atoms with Gasteiger partial charge in [0, 0.05) is 5.92 Å². The van der Waals surface area contributed by atoms with Gasteiger partial charge in [-0.05, 0) is 39.2 Å². The first-order chi connectivity index (χ1) is 9.99. The minimum atomic E-state index is 0.190. The Balaban J connectivity index is -0.0000000998. The maximum atomic E-state index is 8.17. The zero-order valence-corrected chi connectivity index (χ0v) is 14.7. The molecule has 0 rings (SSSR count). The second kappa shape index (κ2) is 30.7. The molecule has 0 aliphatic carbocycles. The quantitative estimate of drug-likeness (QED) is 0.564. The highest BCUT2D eigenvalue weighted by Gasteiger charge is 1.80. The van der Waals surface area contributed by atoms with Crippen molar-refractivity contribution in [2.45, 2.75) is 34.6 Å². The molecule has 0 saturated heterocycles. The van der Waals surface area contributed by atoms with Crippen LogP contribution in [0.5, 0.6) is 0 Å². The summed E-state index contributed by atoms with van der Waals surface area (Å²) in [5.74, 6) is 5.37. The molecule has 0 fully saturated rings. The van der Waals surface area contributed by atoms with Crippen molar-refractivity contribution in [2.75, 3.05) is 12.1 Å². The van der Waals surface area contributed by atoms with E-state index >= 15 is 0 Å². The molecule has 0 aromatic carbocycles. The molecule has 0 atom stereocenters. The Morgan fingerprint density at radius 1 is 1.19 bits per heavy atom. The van der Waals surface area contributed by atoms with E-state index in [0.29, 0.717) is 11.6 Å². The van der Waals surface area contributed by atoms with E-state index < -0.39 is 0 Å². The topological polar surface area (TPSA) is 59.9 Å². The van der Waals surface area contributed by atoms with Crippen molar-refractivity contribution in [1.82, 2.24) is 0 Å². The molecule has 0 radical (unpaired) electrons. The number of allylic oxidation sites excluding steroid dienone is 2. The highest BCUT2D eigenvalue weighted by atomic mass is 32.2. The molecule has 21 heavy (non-hydrogen) atoms. The number of aliphatic imine (C=N–C) groups is 1. The van der Waals surface area contributed by atoms with E-state index in [2.05, 4.69) is 16.8 Å². The summed E-state index contributed by atoms with van der Waals surface area (Å²) in [5.41, 5.74) is 0.555. The number of rotatable bonds is 2. The minimum Gasteiger partial charge on any atom is -0.268 e. The summed E-state index contributed by atoms with van der Waals surface area (Å²) >= 11 is 1.61. The van der Waals surface area contributed by atoms with Gasteiger partial charge in [-0.15, -0.1) is 24.6 Å². The molecule has 4 heteroatoms. The van der Waals surface area contributed by atoms with Crippen LogP contribution in [0.4, 0.5) is 0 Å². The Kier molecular flexibility index (Phi) is 39.8. The summed E-state index contributed by atoms with van der Waals surface area (Å²) in [4.78, 5) is 3.88. The largest absolute Gasteiger partial charge is 0.268 e. The summed E-state index contributed by atoms with van der Waals surface area (Å²) in [7, 11) is 0. The molecule has 0 heterocycles. The molecule has 0 aliphatic heterocycles. The third-order valence-corrected chi connectivity index (χ3v) is 1.51. The monoisotopic (exact) mass is 303 g/mol. The van der Waals surface area contributed by atoms with Crippen molar-refractivity contribution >= 4 is 17.5 Å². The molecular formula is C17H25N3S. The van der Waals surface area contributed by atoms with Crippen LogP contribution in [-0.2, 0) is 0 Å². The van der Waals surface area contributed by atoms with Gasteiger partial charge in [-0.3, -0.25) is 4.99 Å². The van der Waals surface area contributed by atoms with Crippen LogP contribution in [0.1, 0.15) is 34.6 Å². The van der Waals surface area contributed by atoms with Crippen molar-refractivity contribution in [3.8, 4) is 36.8 Å². The predicted octanol–water partition coefficient (Wildman–Crippen LogP) is 4.29. The molecule has 3 nitrogen and oxygen atoms in total. The van der Waals surface area contributed by atoms with E-state index in [1.807, 2.05) is 46.1 Å². The minimum absolute atomic E-state index is 0.190. The van der Waals surface area contributed by atoms with Crippen molar-refractivity contribution in [3.05, 3.63) is 12.2 Å². The van der Waals surface area contributed by atoms with Crippen molar-refractivity contribution in [2.24, 2.45) is 10.9 Å². The molecule has 0 spiro atoms. The van der Waals surface area contributed by atoms with Crippen LogP contribution in [0.3, 0.4) is 0 Å². The highest BCUT2D eigenvalue weighted by Crippen LogP contribution is 1.90. The summed E-state index contributed by atoms with van der Waals surface area (Å²) in [6.45, 7) is 9.43. The number of nitrogens with zero attached hydrogens (tertiary/aromatic N) is 3. The highest BCUT2D eigenvalue weighted by molar-refractivity contribution is 7.98. The summed E-state index contributed by atoms with van der Waals surface area (Å²) in [6, 6.07) is 3.96. The number of thioether (sulfide) groups is 1. The van der Waals surface area contributed by atoms with E-state index in [9.17, 15) is 0 Å². The number of nitriles is 2. The smallest absolute Gasteiger partial charge is 0.114 e. The summed E-state index contributed by atoms with van der Waals surface area (Å²) in [5, 5.41) is 16.1. The van der Waals surface area contributed by atoms with Crippen LogP contribution in [0.25, 0.3) is 0 Å². The third kappa shape index (κ3) is 57.2. The van der Waals surface area contributed by atoms with Crippen molar-refractivity contribution in [3.63, 3.8) is 0 Å². The number of terminal acetylenes is 2. The fourth-order valence-corrected chi connectivity index (χ4v) is 0.616. The van der Waals surface area contributed by atoms with Gasteiger partial charge in [-0.2, -0.15) is 10.5 Å². The van der Waals surface area contributed by atoms with E-state index in [1.54, 1.807) is 18.7 Å². The standard InChI is InChI=1S/C6H4.C5H8N2S.C4H7N.C2H6/c1-3-5-6-4-2;1-5(3-6)7-4-8-2;1-4(2)3-5;1-2/h1-2,5-6H;4H2,1-2H3;4H,1-2H3;1-2H3/b6-5-;;;. The van der Waals surface area contributed by atoms with Gasteiger partial charge in [-0.1, -0.05) is 25.7 Å². The van der Waals surface area contributed by atoms with E-state index in [1.165, 1.54) is 12.2 Å². The van der Waals surface area contributed by atoms with E-state index in [4.69, 9.17) is 23.4 Å². The van der Waals surface area contributed by atoms with Gasteiger partial charge in [-0.25, -0.2) is 0 Å². The number of hydrogen-bond donors (Lipinski definition) is 0. The van der Waals surface area contributed by atoms with Crippen LogP contribution in [0.15, 0.2) is 17.1 Å². The van der Waals surface area contributed by atoms with E-state index in [0.717, 1.165) is 0 Å². The van der Waals surface area contributed by atoms with E-state index in [-0.39, 0.29) is 5.92 Å². The first kappa shape index (κ1) is 27.2. The fourth-order valence-electron chi connectivity index (χ4n) is 0.293. The normalized spacial score (nSPS) is 8.24. The maximum absolute atomic E-state index is 8.17. The molecule has 0 unspecified atom stereocenters. The van der Waals surface area contributed by atoms with Crippen molar-refractivity contribution < 1.29 is 0 Å². The lowest BCUT2D eigenvalue weighted by Gasteiger charge is -1.83. The molecule has 0 saturated carbocycles. The fraction of sp³-hybridized carbons (Fsp3) is 0.471. The van der Waals surface area contributed by atoms with Gasteiger partial charge in [0.2, 0.25) is 0 Å². The molecule has 0 amide bonds. The van der Waals surface area contributed by atoms with Gasteiger partial charge in [0.1, 0.15) is 11.8 Å². The Labute approximate surface area is 135 Å². The second-order valence-electron chi connectivity index (χ2n) is 3.22. The molecule has 0 N–H and O–H groups in total. The Morgan fingerprint density at radius 3 is 1.76 bits per heavy atom. The van der Waals surface area contributed by atoms with Gasteiger partial charge < -0.3 is 0 Å². The summed E-state index contributed by atoms with van der Waals surface area (Å²) < 4.78 is 0. The molecule has 0 aromatic rings. The Bertz CT molecular complexity index is 405. The predicted molar refractivity (Wildman–Crippen MR) is 95.7 cm³/mol. The van der Waals surface area contributed by atoms with Crippen LogP contribution < -0.4 is 0 Å². The van der Waals surface area contributed by atoms with Gasteiger partial charge in [0.25, 0.3) is 0 Å². The maximum Gasteiger partial charge on any atom is 0.114 e. The first-order valence-electron chi connectivity index (χ1n) is 6.37. The second-order valence-corrected chi connectivity index (χ2v) is 4.06. The van der Waals surface area contributed by atoms with Gasteiger partial charge >= 0.3 is 0 Å². The van der Waals surface area contributed by atoms with Crippen LogP contribution in [-0.4, -0.2) is 17.8 Å². The lowest BCUT2D eigenvalue weighted by atomic mass is 10.3. The lowest BCUT2D eigenvalue weighted by molar-refractivity contribution is 0.849. The first-order valence-corrected chi connectivity index (χ1v) is 7.76. The average Bonchev–Trinajstić information content (AvgIpc) is 2.53. The molecular weight excluding hydrogens is 278 g/mol. The van der Waals surface area contributed by atoms with Crippen LogP contribution in [0, 0.1) is 53.3 Å². The molecule has 0 aliphatic rings.